The van der Waals surface area contributed by atoms with Crippen molar-refractivity contribution in [3.63, 3.8) is 0 Å². The first kappa shape index (κ1) is 21.5. The van der Waals surface area contributed by atoms with Crippen LogP contribution < -0.4 is 19.1 Å². The summed E-state index contributed by atoms with van der Waals surface area (Å²) in [5, 5.41) is 9.58. The van der Waals surface area contributed by atoms with Crippen molar-refractivity contribution in [3.8, 4) is 27.8 Å². The van der Waals surface area contributed by atoms with Crippen molar-refractivity contribution in [3.05, 3.63) is 48.5 Å². The molecule has 0 aliphatic heterocycles. The minimum Gasteiger partial charge on any atom is -0.493 e. The van der Waals surface area contributed by atoms with Gasteiger partial charge in [-0.05, 0) is 30.3 Å². The van der Waals surface area contributed by atoms with E-state index in [4.69, 9.17) is 18.9 Å². The summed E-state index contributed by atoms with van der Waals surface area (Å²) in [6.45, 7) is 0.593. The lowest BCUT2D eigenvalue weighted by atomic mass is 10.2. The normalized spacial score (nSPS) is 10.5. The lowest BCUT2D eigenvalue weighted by molar-refractivity contribution is -0.120. The molecule has 158 valence electrons. The molecule has 1 amide bonds. The van der Waals surface area contributed by atoms with Gasteiger partial charge in [0, 0.05) is 12.7 Å². The van der Waals surface area contributed by atoms with Crippen LogP contribution in [-0.4, -0.2) is 57.2 Å². The molecule has 0 N–H and O–H groups in total. The molecule has 1 aromatic heterocycles. The maximum atomic E-state index is 12.8. The molecule has 0 atom stereocenters. The Kier molecular flexibility index (Phi) is 7.58. The smallest absolute Gasteiger partial charge is 0.266 e. The quantitative estimate of drug-likeness (QED) is 0.489. The molecule has 0 radical (unpaired) electrons. The molecule has 0 spiro atoms. The van der Waals surface area contributed by atoms with Crippen LogP contribution in [0.2, 0.25) is 0 Å². The molecule has 0 fully saturated rings. The van der Waals surface area contributed by atoms with E-state index in [1.165, 1.54) is 16.2 Å². The second kappa shape index (κ2) is 10.6. The molecule has 0 saturated heterocycles. The van der Waals surface area contributed by atoms with E-state index in [1.54, 1.807) is 39.5 Å². The second-order valence-corrected chi connectivity index (χ2v) is 7.06. The van der Waals surface area contributed by atoms with Gasteiger partial charge in [-0.15, -0.1) is 10.2 Å². The Morgan fingerprint density at radius 1 is 1.00 bits per heavy atom. The first-order chi connectivity index (χ1) is 14.7. The molecule has 0 aliphatic rings. The number of amides is 1. The Labute approximate surface area is 179 Å². The van der Waals surface area contributed by atoms with Crippen molar-refractivity contribution in [2.24, 2.45) is 0 Å². The summed E-state index contributed by atoms with van der Waals surface area (Å²) >= 11 is 1.30. The third-order valence-corrected chi connectivity index (χ3v) is 5.20. The van der Waals surface area contributed by atoms with E-state index >= 15 is 0 Å². The number of methoxy groups -OCH3 is 3. The summed E-state index contributed by atoms with van der Waals surface area (Å²) < 4.78 is 21.4. The SMILES string of the molecule is COCCN(C(=O)COc1ccccc1)c1nnc(-c2ccc(OC)c(OC)c2)s1. The molecule has 2 aromatic carbocycles. The van der Waals surface area contributed by atoms with Gasteiger partial charge in [0.05, 0.1) is 27.4 Å². The zero-order chi connectivity index (χ0) is 21.3. The highest BCUT2D eigenvalue weighted by molar-refractivity contribution is 7.18. The molecule has 0 unspecified atom stereocenters. The van der Waals surface area contributed by atoms with Crippen LogP contribution in [0.5, 0.6) is 17.2 Å². The van der Waals surface area contributed by atoms with Crippen molar-refractivity contribution >= 4 is 22.4 Å². The molecule has 3 rings (SSSR count). The fraction of sp³-hybridized carbons (Fsp3) is 0.286. The molecule has 0 aliphatic carbocycles. The van der Waals surface area contributed by atoms with Crippen LogP contribution in [-0.2, 0) is 9.53 Å². The lowest BCUT2D eigenvalue weighted by Crippen LogP contribution is -2.37. The Morgan fingerprint density at radius 3 is 2.47 bits per heavy atom. The standard InChI is InChI=1S/C21H23N3O5S/c1-26-12-11-24(19(25)14-29-16-7-5-4-6-8-16)21-23-22-20(30-21)15-9-10-17(27-2)18(13-15)28-3/h4-10,13H,11-12,14H2,1-3H3. The van der Waals surface area contributed by atoms with Gasteiger partial charge in [-0.25, -0.2) is 0 Å². The molecule has 0 saturated carbocycles. The molecule has 30 heavy (non-hydrogen) atoms. The van der Waals surface area contributed by atoms with E-state index in [1.807, 2.05) is 30.3 Å². The van der Waals surface area contributed by atoms with Crippen molar-refractivity contribution < 1.29 is 23.7 Å². The van der Waals surface area contributed by atoms with Crippen molar-refractivity contribution in [2.75, 3.05) is 46.0 Å². The lowest BCUT2D eigenvalue weighted by Gasteiger charge is -2.19. The van der Waals surface area contributed by atoms with E-state index in [0.717, 1.165) is 5.56 Å². The molecular formula is C21H23N3O5S. The Morgan fingerprint density at radius 2 is 1.77 bits per heavy atom. The Hall–Kier alpha value is -3.17. The van der Waals surface area contributed by atoms with Gasteiger partial charge in [0.2, 0.25) is 5.13 Å². The van der Waals surface area contributed by atoms with Crippen molar-refractivity contribution in [1.82, 2.24) is 10.2 Å². The largest absolute Gasteiger partial charge is 0.493 e. The van der Waals surface area contributed by atoms with Crippen LogP contribution in [0.3, 0.4) is 0 Å². The average molecular weight is 429 g/mol. The van der Waals surface area contributed by atoms with Crippen LogP contribution in [0.4, 0.5) is 5.13 Å². The molecular weight excluding hydrogens is 406 g/mol. The number of benzene rings is 2. The highest BCUT2D eigenvalue weighted by Gasteiger charge is 2.21. The summed E-state index contributed by atoms with van der Waals surface area (Å²) in [7, 11) is 4.74. The molecule has 9 heteroatoms. The van der Waals surface area contributed by atoms with E-state index in [0.29, 0.717) is 40.5 Å². The number of carbonyl (C=O) groups is 1. The van der Waals surface area contributed by atoms with Gasteiger partial charge in [0.15, 0.2) is 18.1 Å². The highest BCUT2D eigenvalue weighted by Crippen LogP contribution is 2.35. The highest BCUT2D eigenvalue weighted by atomic mass is 32.1. The number of anilines is 1. The summed E-state index contributed by atoms with van der Waals surface area (Å²) in [6.07, 6.45) is 0. The topological polar surface area (TPSA) is 83.0 Å². The van der Waals surface area contributed by atoms with Crippen molar-refractivity contribution in [2.45, 2.75) is 0 Å². The monoisotopic (exact) mass is 429 g/mol. The fourth-order valence-corrected chi connectivity index (χ4v) is 3.54. The van der Waals surface area contributed by atoms with E-state index < -0.39 is 0 Å². The minimum atomic E-state index is -0.231. The number of nitrogens with zero attached hydrogens (tertiary/aromatic N) is 3. The van der Waals surface area contributed by atoms with Gasteiger partial charge in [0.1, 0.15) is 10.8 Å². The zero-order valence-electron chi connectivity index (χ0n) is 17.0. The number of hydrogen-bond acceptors (Lipinski definition) is 8. The summed E-state index contributed by atoms with van der Waals surface area (Å²) in [5.74, 6) is 1.61. The van der Waals surface area contributed by atoms with Gasteiger partial charge in [-0.3, -0.25) is 9.69 Å². The molecule has 3 aromatic rings. The molecule has 0 bridgehead atoms. The Balaban J connectivity index is 1.78. The number of para-hydroxylation sites is 1. The van der Waals surface area contributed by atoms with Crippen molar-refractivity contribution in [1.29, 1.82) is 0 Å². The summed E-state index contributed by atoms with van der Waals surface area (Å²) in [6, 6.07) is 14.7. The van der Waals surface area contributed by atoms with Gasteiger partial charge in [-0.2, -0.15) is 0 Å². The van der Waals surface area contributed by atoms with Gasteiger partial charge >= 0.3 is 0 Å². The number of carbonyl (C=O) groups excluding carboxylic acids is 1. The third-order valence-electron chi connectivity index (χ3n) is 4.20. The zero-order valence-corrected chi connectivity index (χ0v) is 17.8. The maximum Gasteiger partial charge on any atom is 0.266 e. The summed E-state index contributed by atoms with van der Waals surface area (Å²) in [5.41, 5.74) is 0.816. The van der Waals surface area contributed by atoms with Gasteiger partial charge < -0.3 is 18.9 Å². The predicted octanol–water partition coefficient (Wildman–Crippen LogP) is 3.28. The summed E-state index contributed by atoms with van der Waals surface area (Å²) in [4.78, 5) is 14.3. The number of rotatable bonds is 10. The van der Waals surface area contributed by atoms with Crippen LogP contribution in [0.25, 0.3) is 10.6 Å². The first-order valence-corrected chi connectivity index (χ1v) is 10.0. The van der Waals surface area contributed by atoms with Crippen LogP contribution in [0, 0.1) is 0 Å². The van der Waals surface area contributed by atoms with E-state index in [9.17, 15) is 4.79 Å². The number of hydrogen-bond donors (Lipinski definition) is 0. The number of aromatic nitrogens is 2. The fourth-order valence-electron chi connectivity index (χ4n) is 2.66. The van der Waals surface area contributed by atoms with E-state index in [-0.39, 0.29) is 12.5 Å². The first-order valence-electron chi connectivity index (χ1n) is 9.19. The molecule has 8 nitrogen and oxygen atoms in total. The Bertz CT molecular complexity index is 964. The van der Waals surface area contributed by atoms with Gasteiger partial charge in [0.25, 0.3) is 5.91 Å². The van der Waals surface area contributed by atoms with E-state index in [2.05, 4.69) is 10.2 Å². The molecule has 1 heterocycles. The second-order valence-electron chi connectivity index (χ2n) is 6.10. The average Bonchev–Trinajstić information content (AvgIpc) is 3.28. The van der Waals surface area contributed by atoms with Crippen LogP contribution >= 0.6 is 11.3 Å². The maximum absolute atomic E-state index is 12.8. The predicted molar refractivity (Wildman–Crippen MR) is 115 cm³/mol. The van der Waals surface area contributed by atoms with Gasteiger partial charge in [-0.1, -0.05) is 29.5 Å². The third kappa shape index (κ3) is 5.25. The minimum absolute atomic E-state index is 0.112. The number of ether oxygens (including phenoxy) is 4. The van der Waals surface area contributed by atoms with Crippen LogP contribution in [0.1, 0.15) is 0 Å². The van der Waals surface area contributed by atoms with Crippen LogP contribution in [0.15, 0.2) is 48.5 Å².